The first kappa shape index (κ1) is 18.0. The molecule has 0 atom stereocenters. The lowest BCUT2D eigenvalue weighted by molar-refractivity contribution is 0.603. The summed E-state index contributed by atoms with van der Waals surface area (Å²) >= 11 is 13.1. The Bertz CT molecular complexity index is 1010. The van der Waals surface area contributed by atoms with E-state index in [4.69, 9.17) is 23.2 Å². The second kappa shape index (κ2) is 7.21. The van der Waals surface area contributed by atoms with Gasteiger partial charge in [-0.05, 0) is 41.8 Å². The molecular weight excluding hydrogens is 406 g/mol. The third-order valence-corrected chi connectivity index (χ3v) is 6.65. The highest BCUT2D eigenvalue weighted by Crippen LogP contribution is 2.36. The zero-order valence-electron chi connectivity index (χ0n) is 12.5. The molecule has 0 aliphatic heterocycles. The Morgan fingerprint density at radius 2 is 1.68 bits per heavy atom. The van der Waals surface area contributed by atoms with E-state index in [-0.39, 0.29) is 19.9 Å². The molecule has 0 radical (unpaired) electrons. The molecule has 0 spiro atoms. The summed E-state index contributed by atoms with van der Waals surface area (Å²) in [6, 6.07) is 11.8. The Kier molecular flexibility index (Phi) is 5.19. The highest BCUT2D eigenvalue weighted by Gasteiger charge is 2.18. The summed E-state index contributed by atoms with van der Waals surface area (Å²) in [6.45, 7) is 0. The van der Waals surface area contributed by atoms with Crippen molar-refractivity contribution in [1.29, 1.82) is 0 Å². The average Bonchev–Trinajstić information content (AvgIpc) is 3.07. The van der Waals surface area contributed by atoms with E-state index >= 15 is 0 Å². The molecule has 0 unspecified atom stereocenters. The summed E-state index contributed by atoms with van der Waals surface area (Å²) in [5.41, 5.74) is 0.988. The van der Waals surface area contributed by atoms with Gasteiger partial charge >= 0.3 is 0 Å². The van der Waals surface area contributed by atoms with Gasteiger partial charge in [-0.2, -0.15) is 0 Å². The van der Waals surface area contributed by atoms with Crippen LogP contribution in [-0.2, 0) is 10.0 Å². The number of thiophene rings is 1. The van der Waals surface area contributed by atoms with Crippen LogP contribution in [0, 0.1) is 5.82 Å². The quantitative estimate of drug-likeness (QED) is 0.557. The van der Waals surface area contributed by atoms with Crippen molar-refractivity contribution in [3.05, 3.63) is 69.8 Å². The minimum absolute atomic E-state index is 0.162. The van der Waals surface area contributed by atoms with Crippen molar-refractivity contribution in [1.82, 2.24) is 0 Å². The lowest BCUT2D eigenvalue weighted by Crippen LogP contribution is -2.13. The van der Waals surface area contributed by atoms with E-state index in [1.807, 2.05) is 0 Å². The fraction of sp³-hybridized carbons (Fsp3) is 0. The van der Waals surface area contributed by atoms with Gasteiger partial charge in [0, 0.05) is 5.69 Å². The SMILES string of the molecule is O=S(=O)(Nc1cc(Cl)c(Cl)cc1Nc1cccc(F)c1)c1cccs1. The number of halogens is 3. The Labute approximate surface area is 158 Å². The Morgan fingerprint density at radius 1 is 0.960 bits per heavy atom. The minimum Gasteiger partial charge on any atom is -0.354 e. The Balaban J connectivity index is 1.99. The summed E-state index contributed by atoms with van der Waals surface area (Å²) in [7, 11) is -3.77. The molecule has 2 N–H and O–H groups in total. The molecule has 0 aliphatic rings. The average molecular weight is 417 g/mol. The van der Waals surface area contributed by atoms with Crippen LogP contribution in [0.15, 0.2) is 58.1 Å². The minimum atomic E-state index is -3.77. The van der Waals surface area contributed by atoms with Crippen LogP contribution in [0.4, 0.5) is 21.5 Å². The largest absolute Gasteiger partial charge is 0.354 e. The first-order valence-corrected chi connectivity index (χ1v) is 10.0. The number of nitrogens with one attached hydrogen (secondary N) is 2. The van der Waals surface area contributed by atoms with Crippen LogP contribution in [-0.4, -0.2) is 8.42 Å². The normalized spacial score (nSPS) is 11.3. The third-order valence-electron chi connectivity index (χ3n) is 3.17. The monoisotopic (exact) mass is 416 g/mol. The summed E-state index contributed by atoms with van der Waals surface area (Å²) in [6.07, 6.45) is 0. The molecule has 3 rings (SSSR count). The third kappa shape index (κ3) is 4.24. The van der Waals surface area contributed by atoms with Crippen LogP contribution in [0.5, 0.6) is 0 Å². The maximum absolute atomic E-state index is 13.4. The summed E-state index contributed by atoms with van der Waals surface area (Å²) in [5.74, 6) is -0.425. The maximum Gasteiger partial charge on any atom is 0.271 e. The molecular formula is C16H11Cl2FN2O2S2. The summed E-state index contributed by atoms with van der Waals surface area (Å²) in [5, 5.41) is 5.03. The number of anilines is 3. The van der Waals surface area contributed by atoms with E-state index in [2.05, 4.69) is 10.0 Å². The molecule has 130 valence electrons. The number of hydrogen-bond acceptors (Lipinski definition) is 4. The number of benzene rings is 2. The molecule has 0 bridgehead atoms. The molecule has 0 fully saturated rings. The summed E-state index contributed by atoms with van der Waals surface area (Å²) < 4.78 is 40.9. The lowest BCUT2D eigenvalue weighted by Gasteiger charge is -2.15. The molecule has 1 heterocycles. The molecule has 1 aromatic heterocycles. The molecule has 0 saturated carbocycles. The van der Waals surface area contributed by atoms with Crippen LogP contribution in [0.2, 0.25) is 10.0 Å². The molecule has 25 heavy (non-hydrogen) atoms. The number of hydrogen-bond donors (Lipinski definition) is 2. The van der Waals surface area contributed by atoms with Gasteiger partial charge < -0.3 is 5.32 Å². The van der Waals surface area contributed by atoms with Gasteiger partial charge in [-0.3, -0.25) is 4.72 Å². The van der Waals surface area contributed by atoms with Gasteiger partial charge in [0.05, 0.1) is 21.4 Å². The highest BCUT2D eigenvalue weighted by molar-refractivity contribution is 7.94. The molecule has 9 heteroatoms. The predicted molar refractivity (Wildman–Crippen MR) is 101 cm³/mol. The van der Waals surface area contributed by atoms with Crippen molar-refractivity contribution in [2.24, 2.45) is 0 Å². The predicted octanol–water partition coefficient (Wildman–Crippen LogP) is 5.74. The van der Waals surface area contributed by atoms with Gasteiger partial charge in [0.15, 0.2) is 0 Å². The second-order valence-corrected chi connectivity index (χ2v) is 8.66. The van der Waals surface area contributed by atoms with Crippen molar-refractivity contribution in [3.8, 4) is 0 Å². The van der Waals surface area contributed by atoms with Crippen LogP contribution in [0.25, 0.3) is 0 Å². The van der Waals surface area contributed by atoms with Crippen LogP contribution < -0.4 is 10.0 Å². The van der Waals surface area contributed by atoms with Gasteiger partial charge in [-0.25, -0.2) is 12.8 Å². The first-order valence-electron chi connectivity index (χ1n) is 6.93. The van der Waals surface area contributed by atoms with Gasteiger partial charge in [0.1, 0.15) is 10.0 Å². The fourth-order valence-corrected chi connectivity index (χ4v) is 4.46. The Morgan fingerprint density at radius 3 is 2.32 bits per heavy atom. The topological polar surface area (TPSA) is 58.2 Å². The van der Waals surface area contributed by atoms with E-state index in [9.17, 15) is 12.8 Å². The van der Waals surface area contributed by atoms with Gasteiger partial charge in [-0.15, -0.1) is 11.3 Å². The number of rotatable bonds is 5. The van der Waals surface area contributed by atoms with Crippen molar-refractivity contribution in [2.45, 2.75) is 4.21 Å². The van der Waals surface area contributed by atoms with Gasteiger partial charge in [0.25, 0.3) is 10.0 Å². The zero-order valence-corrected chi connectivity index (χ0v) is 15.6. The molecule has 3 aromatic rings. The molecule has 0 saturated heterocycles. The van der Waals surface area contributed by atoms with Crippen LogP contribution in [0.3, 0.4) is 0 Å². The van der Waals surface area contributed by atoms with E-state index in [0.29, 0.717) is 11.4 Å². The first-order chi connectivity index (χ1) is 11.8. The van der Waals surface area contributed by atoms with E-state index in [1.165, 1.54) is 36.4 Å². The van der Waals surface area contributed by atoms with E-state index < -0.39 is 15.8 Å². The molecule has 0 amide bonds. The lowest BCUT2D eigenvalue weighted by atomic mass is 10.2. The maximum atomic E-state index is 13.4. The van der Waals surface area contributed by atoms with Crippen molar-refractivity contribution in [2.75, 3.05) is 10.0 Å². The number of sulfonamides is 1. The fourth-order valence-electron chi connectivity index (χ4n) is 2.07. The van der Waals surface area contributed by atoms with Crippen LogP contribution in [0.1, 0.15) is 0 Å². The van der Waals surface area contributed by atoms with Crippen molar-refractivity contribution < 1.29 is 12.8 Å². The van der Waals surface area contributed by atoms with Gasteiger partial charge in [0.2, 0.25) is 0 Å². The van der Waals surface area contributed by atoms with E-state index in [0.717, 1.165) is 11.3 Å². The Hall–Kier alpha value is -1.80. The highest BCUT2D eigenvalue weighted by atomic mass is 35.5. The van der Waals surface area contributed by atoms with Crippen LogP contribution >= 0.6 is 34.5 Å². The second-order valence-electron chi connectivity index (χ2n) is 4.98. The smallest absolute Gasteiger partial charge is 0.271 e. The summed E-state index contributed by atoms with van der Waals surface area (Å²) in [4.78, 5) is 0. The molecule has 2 aromatic carbocycles. The van der Waals surface area contributed by atoms with Crippen molar-refractivity contribution in [3.63, 3.8) is 0 Å². The zero-order chi connectivity index (χ0) is 18.0. The molecule has 4 nitrogen and oxygen atoms in total. The van der Waals surface area contributed by atoms with Crippen molar-refractivity contribution >= 4 is 61.6 Å². The van der Waals surface area contributed by atoms with Gasteiger partial charge in [-0.1, -0.05) is 35.3 Å². The standard InChI is InChI=1S/C16H11Cl2FN2O2S2/c17-12-8-14(20-11-4-1-3-10(19)7-11)15(9-13(12)18)21-25(22,23)16-5-2-6-24-16/h1-9,20-21H. The molecule has 0 aliphatic carbocycles. The van der Waals surface area contributed by atoms with E-state index in [1.54, 1.807) is 17.5 Å².